The average Bonchev–Trinajstić information content (AvgIpc) is 2.88. The molecule has 0 aliphatic carbocycles. The van der Waals surface area contributed by atoms with Crippen LogP contribution < -0.4 is 4.90 Å². The Morgan fingerprint density at radius 1 is 1.35 bits per heavy atom. The lowest BCUT2D eigenvalue weighted by atomic mass is 9.94. The number of anilines is 1. The summed E-state index contributed by atoms with van der Waals surface area (Å²) in [6.45, 7) is 8.21. The normalized spacial score (nSPS) is 11.3. The minimum absolute atomic E-state index is 0.0462. The summed E-state index contributed by atoms with van der Waals surface area (Å²) in [6.07, 6.45) is 0. The standard InChI is InChI=1S/C16H19N3O3S/c1-10-13(16(2,3)4)23-15(17-10)18(5)14(20)11-7-6-8-12(9-11)19(21)22/h6-9H,1-5H3. The molecule has 0 spiro atoms. The molecule has 7 heteroatoms. The lowest BCUT2D eigenvalue weighted by Gasteiger charge is -2.17. The van der Waals surface area contributed by atoms with Gasteiger partial charge in [0.15, 0.2) is 5.13 Å². The van der Waals surface area contributed by atoms with Gasteiger partial charge < -0.3 is 0 Å². The summed E-state index contributed by atoms with van der Waals surface area (Å²) >= 11 is 1.47. The number of carbonyl (C=O) groups excluding carboxylic acids is 1. The molecule has 0 saturated carbocycles. The van der Waals surface area contributed by atoms with Crippen LogP contribution in [0.3, 0.4) is 0 Å². The Bertz CT molecular complexity index is 762. The highest BCUT2D eigenvalue weighted by Gasteiger charge is 2.24. The van der Waals surface area contributed by atoms with Crippen LogP contribution in [0.25, 0.3) is 0 Å². The second kappa shape index (κ2) is 6.08. The highest BCUT2D eigenvalue weighted by molar-refractivity contribution is 7.16. The van der Waals surface area contributed by atoms with Gasteiger partial charge in [0.1, 0.15) is 0 Å². The number of nitro benzene ring substituents is 1. The first-order valence-electron chi connectivity index (χ1n) is 7.11. The summed E-state index contributed by atoms with van der Waals surface area (Å²) in [4.78, 5) is 29.9. The van der Waals surface area contributed by atoms with Crippen molar-refractivity contribution in [1.82, 2.24) is 4.98 Å². The highest BCUT2D eigenvalue weighted by Crippen LogP contribution is 2.35. The molecular formula is C16H19N3O3S. The monoisotopic (exact) mass is 333 g/mol. The third kappa shape index (κ3) is 3.56. The van der Waals surface area contributed by atoms with Gasteiger partial charge in [-0.2, -0.15) is 0 Å². The number of nitrogens with zero attached hydrogens (tertiary/aromatic N) is 3. The molecule has 0 saturated heterocycles. The molecule has 0 bridgehead atoms. The van der Waals surface area contributed by atoms with Crippen LogP contribution >= 0.6 is 11.3 Å². The van der Waals surface area contributed by atoms with E-state index in [1.807, 2.05) is 6.92 Å². The highest BCUT2D eigenvalue weighted by atomic mass is 32.1. The molecule has 1 aromatic carbocycles. The molecule has 0 N–H and O–H groups in total. The molecular weight excluding hydrogens is 314 g/mol. The molecule has 0 atom stereocenters. The smallest absolute Gasteiger partial charge is 0.270 e. The van der Waals surface area contributed by atoms with Crippen molar-refractivity contribution in [1.29, 1.82) is 0 Å². The summed E-state index contributed by atoms with van der Waals surface area (Å²) in [5, 5.41) is 11.4. The van der Waals surface area contributed by atoms with E-state index in [-0.39, 0.29) is 22.6 Å². The summed E-state index contributed by atoms with van der Waals surface area (Å²) in [5.41, 5.74) is 1.02. The number of aromatic nitrogens is 1. The molecule has 0 unspecified atom stereocenters. The number of non-ortho nitro benzene ring substituents is 1. The van der Waals surface area contributed by atoms with Crippen molar-refractivity contribution in [3.8, 4) is 0 Å². The van der Waals surface area contributed by atoms with E-state index in [0.717, 1.165) is 10.6 Å². The van der Waals surface area contributed by atoms with Gasteiger partial charge in [-0.05, 0) is 18.4 Å². The van der Waals surface area contributed by atoms with Crippen molar-refractivity contribution < 1.29 is 9.72 Å². The van der Waals surface area contributed by atoms with Gasteiger partial charge in [-0.15, -0.1) is 11.3 Å². The predicted octanol–water partition coefficient (Wildman–Crippen LogP) is 3.93. The van der Waals surface area contributed by atoms with Gasteiger partial charge in [-0.25, -0.2) is 4.98 Å². The maximum atomic E-state index is 12.6. The van der Waals surface area contributed by atoms with Gasteiger partial charge in [-0.1, -0.05) is 26.8 Å². The number of hydrogen-bond donors (Lipinski definition) is 0. The van der Waals surface area contributed by atoms with Crippen molar-refractivity contribution in [2.24, 2.45) is 0 Å². The van der Waals surface area contributed by atoms with Crippen LogP contribution in [0.2, 0.25) is 0 Å². The number of rotatable bonds is 3. The molecule has 2 rings (SSSR count). The Hall–Kier alpha value is -2.28. The molecule has 1 aromatic heterocycles. The molecule has 23 heavy (non-hydrogen) atoms. The van der Waals surface area contributed by atoms with Gasteiger partial charge in [0.05, 0.1) is 10.6 Å². The van der Waals surface area contributed by atoms with Crippen molar-refractivity contribution in [3.05, 3.63) is 50.5 Å². The summed E-state index contributed by atoms with van der Waals surface area (Å²) < 4.78 is 0. The van der Waals surface area contributed by atoms with Crippen LogP contribution in [-0.2, 0) is 5.41 Å². The van der Waals surface area contributed by atoms with Gasteiger partial charge in [0.2, 0.25) is 0 Å². The van der Waals surface area contributed by atoms with Gasteiger partial charge >= 0.3 is 0 Å². The van der Waals surface area contributed by atoms with Crippen LogP contribution in [0.1, 0.15) is 41.7 Å². The second-order valence-electron chi connectivity index (χ2n) is 6.33. The number of amides is 1. The number of thiazole rings is 1. The first-order valence-corrected chi connectivity index (χ1v) is 7.93. The van der Waals surface area contributed by atoms with Gasteiger partial charge in [-0.3, -0.25) is 19.8 Å². The molecule has 0 fully saturated rings. The van der Waals surface area contributed by atoms with Crippen LogP contribution in [0, 0.1) is 17.0 Å². The zero-order valence-electron chi connectivity index (χ0n) is 13.8. The second-order valence-corrected chi connectivity index (χ2v) is 7.31. The van der Waals surface area contributed by atoms with E-state index in [9.17, 15) is 14.9 Å². The van der Waals surface area contributed by atoms with E-state index in [1.54, 1.807) is 13.1 Å². The van der Waals surface area contributed by atoms with E-state index in [0.29, 0.717) is 5.13 Å². The number of benzene rings is 1. The molecule has 0 aliphatic heterocycles. The SMILES string of the molecule is Cc1nc(N(C)C(=O)c2cccc([N+](=O)[O-])c2)sc1C(C)(C)C. The van der Waals surface area contributed by atoms with Crippen molar-refractivity contribution in [2.75, 3.05) is 11.9 Å². The number of aryl methyl sites for hydroxylation is 1. The number of nitro groups is 1. The van der Waals surface area contributed by atoms with Crippen LogP contribution in [0.4, 0.5) is 10.8 Å². The lowest BCUT2D eigenvalue weighted by Crippen LogP contribution is -2.26. The first-order chi connectivity index (χ1) is 10.6. The third-order valence-corrected chi connectivity index (χ3v) is 5.02. The first kappa shape index (κ1) is 17.1. The fourth-order valence-electron chi connectivity index (χ4n) is 2.25. The Balaban J connectivity index is 2.34. The Kier molecular flexibility index (Phi) is 4.51. The Morgan fingerprint density at radius 2 is 2.00 bits per heavy atom. The van der Waals surface area contributed by atoms with Crippen molar-refractivity contribution in [2.45, 2.75) is 33.1 Å². The van der Waals surface area contributed by atoms with E-state index < -0.39 is 4.92 Å². The number of carbonyl (C=O) groups is 1. The van der Waals surface area contributed by atoms with Crippen LogP contribution in [-0.4, -0.2) is 22.9 Å². The fourth-order valence-corrected chi connectivity index (χ4v) is 3.34. The molecule has 0 aliphatic rings. The topological polar surface area (TPSA) is 76.3 Å². The Morgan fingerprint density at radius 3 is 2.52 bits per heavy atom. The zero-order chi connectivity index (χ0) is 17.4. The molecule has 1 heterocycles. The predicted molar refractivity (Wildman–Crippen MR) is 91.4 cm³/mol. The van der Waals surface area contributed by atoms with Gasteiger partial charge in [0, 0.05) is 29.6 Å². The third-order valence-electron chi connectivity index (χ3n) is 3.36. The van der Waals surface area contributed by atoms with E-state index in [2.05, 4.69) is 25.8 Å². The largest absolute Gasteiger partial charge is 0.287 e. The molecule has 2 aromatic rings. The minimum atomic E-state index is -0.512. The molecule has 122 valence electrons. The quantitative estimate of drug-likeness (QED) is 0.630. The van der Waals surface area contributed by atoms with E-state index in [1.165, 1.54) is 34.4 Å². The molecule has 6 nitrogen and oxygen atoms in total. The minimum Gasteiger partial charge on any atom is -0.287 e. The lowest BCUT2D eigenvalue weighted by molar-refractivity contribution is -0.384. The zero-order valence-corrected chi connectivity index (χ0v) is 14.6. The van der Waals surface area contributed by atoms with Crippen LogP contribution in [0.15, 0.2) is 24.3 Å². The summed E-state index contributed by atoms with van der Waals surface area (Å²) in [6, 6.07) is 5.72. The average molecular weight is 333 g/mol. The Labute approximate surface area is 138 Å². The van der Waals surface area contributed by atoms with Crippen molar-refractivity contribution in [3.63, 3.8) is 0 Å². The summed E-state index contributed by atoms with van der Waals surface area (Å²) in [5.74, 6) is -0.317. The maximum Gasteiger partial charge on any atom is 0.270 e. The van der Waals surface area contributed by atoms with Crippen molar-refractivity contribution >= 4 is 28.1 Å². The summed E-state index contributed by atoms with van der Waals surface area (Å²) in [7, 11) is 1.63. The molecule has 0 radical (unpaired) electrons. The maximum absolute atomic E-state index is 12.6. The fraction of sp³-hybridized carbons (Fsp3) is 0.375. The van der Waals surface area contributed by atoms with Gasteiger partial charge in [0.25, 0.3) is 11.6 Å². The number of hydrogen-bond acceptors (Lipinski definition) is 5. The molecule has 1 amide bonds. The van der Waals surface area contributed by atoms with Crippen LogP contribution in [0.5, 0.6) is 0 Å². The van der Waals surface area contributed by atoms with E-state index in [4.69, 9.17) is 0 Å². The van der Waals surface area contributed by atoms with E-state index >= 15 is 0 Å².